The Morgan fingerprint density at radius 3 is 1.87 bits per heavy atom. The molecule has 0 atom stereocenters. The van der Waals surface area contributed by atoms with Gasteiger partial charge in [0.15, 0.2) is 0 Å². The highest BCUT2D eigenvalue weighted by atomic mass is 35.5. The highest BCUT2D eigenvalue weighted by molar-refractivity contribution is 6.21. The van der Waals surface area contributed by atoms with Crippen molar-refractivity contribution in [1.82, 2.24) is 4.42 Å². The number of halogens is 1. The lowest BCUT2D eigenvalue weighted by atomic mass is 10.1. The number of nitrogens with zero attached hydrogens (tertiary/aromatic N) is 1. The van der Waals surface area contributed by atoms with E-state index in [1.165, 1.54) is 49.4 Å². The predicted molar refractivity (Wildman–Crippen MR) is 63.7 cm³/mol. The molecule has 0 aromatic heterocycles. The maximum atomic E-state index is 11.5. The zero-order valence-electron chi connectivity index (χ0n) is 9.51. The van der Waals surface area contributed by atoms with Gasteiger partial charge in [0.25, 0.3) is 0 Å². The number of carbonyl (C=O) groups is 1. The summed E-state index contributed by atoms with van der Waals surface area (Å²) in [6.45, 7) is 0.723. The van der Waals surface area contributed by atoms with Crippen LogP contribution in [0.3, 0.4) is 0 Å². The first-order valence-electron chi connectivity index (χ1n) is 6.27. The van der Waals surface area contributed by atoms with Crippen LogP contribution in [-0.2, 0) is 4.79 Å². The third kappa shape index (κ3) is 6.03. The van der Waals surface area contributed by atoms with Crippen LogP contribution in [0.4, 0.5) is 0 Å². The molecule has 0 radical (unpaired) electrons. The molecule has 0 aromatic rings. The van der Waals surface area contributed by atoms with Gasteiger partial charge in [-0.05, 0) is 12.8 Å². The van der Waals surface area contributed by atoms with Gasteiger partial charge < -0.3 is 0 Å². The average Bonchev–Trinajstić information content (AvgIpc) is 2.25. The van der Waals surface area contributed by atoms with Crippen LogP contribution in [0.5, 0.6) is 0 Å². The molecule has 88 valence electrons. The number of rotatable bonds is 0. The van der Waals surface area contributed by atoms with Crippen LogP contribution in [-0.4, -0.2) is 16.9 Å². The van der Waals surface area contributed by atoms with E-state index in [1.807, 2.05) is 0 Å². The van der Waals surface area contributed by atoms with Crippen molar-refractivity contribution < 1.29 is 4.79 Å². The molecular formula is C12H22ClNO. The van der Waals surface area contributed by atoms with E-state index in [0.717, 1.165) is 19.4 Å². The summed E-state index contributed by atoms with van der Waals surface area (Å²) >= 11 is 5.89. The molecule has 0 saturated carbocycles. The molecule has 3 heteroatoms. The molecule has 1 rings (SSSR count). The minimum Gasteiger partial charge on any atom is -0.274 e. The summed E-state index contributed by atoms with van der Waals surface area (Å²) in [6, 6.07) is 0. The second kappa shape index (κ2) is 7.98. The lowest BCUT2D eigenvalue weighted by Gasteiger charge is -2.13. The van der Waals surface area contributed by atoms with Gasteiger partial charge in [0, 0.05) is 24.7 Å². The average molecular weight is 232 g/mol. The van der Waals surface area contributed by atoms with Crippen molar-refractivity contribution in [3.63, 3.8) is 0 Å². The van der Waals surface area contributed by atoms with Gasteiger partial charge in [-0.25, -0.2) is 0 Å². The first-order chi connectivity index (χ1) is 7.30. The lowest BCUT2D eigenvalue weighted by molar-refractivity contribution is -0.126. The van der Waals surface area contributed by atoms with E-state index in [0.29, 0.717) is 6.42 Å². The second-order valence-corrected chi connectivity index (χ2v) is 4.82. The molecule has 0 bridgehead atoms. The molecule has 1 aliphatic heterocycles. The van der Waals surface area contributed by atoms with Crippen LogP contribution in [0, 0.1) is 0 Å². The highest BCUT2D eigenvalue weighted by Gasteiger charge is 2.10. The molecule has 2 nitrogen and oxygen atoms in total. The monoisotopic (exact) mass is 231 g/mol. The number of amides is 1. The van der Waals surface area contributed by atoms with Gasteiger partial charge in [-0.1, -0.05) is 44.9 Å². The minimum atomic E-state index is 0.107. The van der Waals surface area contributed by atoms with Crippen LogP contribution >= 0.6 is 11.8 Å². The molecule has 1 amide bonds. The van der Waals surface area contributed by atoms with Gasteiger partial charge in [0.2, 0.25) is 5.91 Å². The molecule has 1 saturated heterocycles. The highest BCUT2D eigenvalue weighted by Crippen LogP contribution is 2.14. The van der Waals surface area contributed by atoms with Crippen molar-refractivity contribution in [3.8, 4) is 0 Å². The van der Waals surface area contributed by atoms with Gasteiger partial charge in [-0.3, -0.25) is 9.21 Å². The van der Waals surface area contributed by atoms with Crippen LogP contribution in [0.15, 0.2) is 0 Å². The van der Waals surface area contributed by atoms with E-state index in [4.69, 9.17) is 11.8 Å². The Morgan fingerprint density at radius 2 is 1.27 bits per heavy atom. The number of hydrogen-bond acceptors (Lipinski definition) is 1. The third-order valence-corrected chi connectivity index (χ3v) is 3.37. The van der Waals surface area contributed by atoms with E-state index in [2.05, 4.69) is 0 Å². The Bertz CT molecular complexity index is 184. The predicted octanol–water partition coefficient (Wildman–Crippen LogP) is 3.88. The summed E-state index contributed by atoms with van der Waals surface area (Å²) < 4.78 is 1.39. The van der Waals surface area contributed by atoms with Gasteiger partial charge in [-0.2, -0.15) is 0 Å². The SMILES string of the molecule is O=C1CCCCCCCCCCCN1Cl. The Morgan fingerprint density at radius 1 is 0.800 bits per heavy atom. The topological polar surface area (TPSA) is 20.3 Å². The van der Waals surface area contributed by atoms with E-state index < -0.39 is 0 Å². The zero-order valence-corrected chi connectivity index (χ0v) is 10.3. The molecule has 0 unspecified atom stereocenters. The second-order valence-electron chi connectivity index (χ2n) is 4.41. The molecule has 1 aliphatic rings. The Hall–Kier alpha value is -0.240. The van der Waals surface area contributed by atoms with E-state index >= 15 is 0 Å². The summed E-state index contributed by atoms with van der Waals surface area (Å²) in [4.78, 5) is 11.5. The van der Waals surface area contributed by atoms with E-state index in [1.54, 1.807) is 0 Å². The summed E-state index contributed by atoms with van der Waals surface area (Å²) in [6.07, 6.45) is 11.7. The minimum absolute atomic E-state index is 0.107. The Balaban J connectivity index is 2.27. The molecular weight excluding hydrogens is 210 g/mol. The summed E-state index contributed by atoms with van der Waals surface area (Å²) in [5, 5.41) is 0. The van der Waals surface area contributed by atoms with Crippen molar-refractivity contribution in [1.29, 1.82) is 0 Å². The molecule has 0 aliphatic carbocycles. The standard InChI is InChI=1S/C12H22ClNO/c13-14-11-9-7-5-3-1-2-4-6-8-10-12(14)15/h1-11H2. The van der Waals surface area contributed by atoms with Gasteiger partial charge in [-0.15, -0.1) is 0 Å². The fourth-order valence-corrected chi connectivity index (χ4v) is 2.21. The maximum absolute atomic E-state index is 11.5. The maximum Gasteiger partial charge on any atom is 0.236 e. The third-order valence-electron chi connectivity index (χ3n) is 3.02. The van der Waals surface area contributed by atoms with Crippen LogP contribution in [0.2, 0.25) is 0 Å². The first kappa shape index (κ1) is 12.8. The van der Waals surface area contributed by atoms with Crippen LogP contribution in [0.1, 0.15) is 64.2 Å². The molecule has 0 spiro atoms. The fraction of sp³-hybridized carbons (Fsp3) is 0.917. The molecule has 0 N–H and O–H groups in total. The summed E-state index contributed by atoms with van der Waals surface area (Å²) in [7, 11) is 0. The Labute approximate surface area is 98.1 Å². The smallest absolute Gasteiger partial charge is 0.236 e. The molecule has 15 heavy (non-hydrogen) atoms. The van der Waals surface area contributed by atoms with Gasteiger partial charge in [0.05, 0.1) is 0 Å². The van der Waals surface area contributed by atoms with Crippen molar-refractivity contribution >= 4 is 17.7 Å². The lowest BCUT2D eigenvalue weighted by Crippen LogP contribution is -2.22. The van der Waals surface area contributed by atoms with E-state index in [-0.39, 0.29) is 5.91 Å². The summed E-state index contributed by atoms with van der Waals surface area (Å²) in [5.74, 6) is 0.107. The van der Waals surface area contributed by atoms with Crippen LogP contribution < -0.4 is 0 Å². The zero-order chi connectivity index (χ0) is 10.9. The van der Waals surface area contributed by atoms with Crippen molar-refractivity contribution in [2.45, 2.75) is 64.2 Å². The van der Waals surface area contributed by atoms with Crippen molar-refractivity contribution in [2.75, 3.05) is 6.54 Å². The molecule has 1 heterocycles. The quantitative estimate of drug-likeness (QED) is 0.580. The molecule has 1 fully saturated rings. The first-order valence-corrected chi connectivity index (χ1v) is 6.60. The van der Waals surface area contributed by atoms with Crippen molar-refractivity contribution in [2.24, 2.45) is 0 Å². The van der Waals surface area contributed by atoms with E-state index in [9.17, 15) is 4.79 Å². The number of hydrogen-bond donors (Lipinski definition) is 0. The fourth-order valence-electron chi connectivity index (χ4n) is 2.01. The normalized spacial score (nSPS) is 22.7. The molecule has 0 aromatic carbocycles. The van der Waals surface area contributed by atoms with Gasteiger partial charge >= 0.3 is 0 Å². The van der Waals surface area contributed by atoms with Crippen LogP contribution in [0.25, 0.3) is 0 Å². The summed E-state index contributed by atoms with van der Waals surface area (Å²) in [5.41, 5.74) is 0. The van der Waals surface area contributed by atoms with Gasteiger partial charge in [0.1, 0.15) is 0 Å². The van der Waals surface area contributed by atoms with Crippen molar-refractivity contribution in [3.05, 3.63) is 0 Å². The largest absolute Gasteiger partial charge is 0.274 e. The Kier molecular flexibility index (Phi) is 6.82. The number of carbonyl (C=O) groups excluding carboxylic acids is 1.